The zero-order valence-corrected chi connectivity index (χ0v) is 12.5. The average molecular weight is 373 g/mol. The molecular weight excluding hydrogens is 362 g/mol. The summed E-state index contributed by atoms with van der Waals surface area (Å²) in [5.41, 5.74) is 3.66. The first-order valence-electron chi connectivity index (χ1n) is 5.16. The summed E-state index contributed by atoms with van der Waals surface area (Å²) in [5.74, 6) is 6.58. The van der Waals surface area contributed by atoms with E-state index in [9.17, 15) is 0 Å². The van der Waals surface area contributed by atoms with Gasteiger partial charge in [-0.15, -0.1) is 0 Å². The molecule has 2 aromatic rings. The molecule has 0 spiro atoms. The SMILES string of the molecule is NNc1ncnc(NCc2ccc(Br)cc2)c1Br. The molecule has 5 nitrogen and oxygen atoms in total. The molecule has 1 aromatic heterocycles. The van der Waals surface area contributed by atoms with Gasteiger partial charge < -0.3 is 10.7 Å². The number of nitrogens with two attached hydrogens (primary N) is 1. The lowest BCUT2D eigenvalue weighted by molar-refractivity contribution is 1.06. The predicted molar refractivity (Wildman–Crippen MR) is 79.0 cm³/mol. The summed E-state index contributed by atoms with van der Waals surface area (Å²) in [7, 11) is 0. The lowest BCUT2D eigenvalue weighted by atomic mass is 10.2. The molecule has 0 aliphatic carbocycles. The van der Waals surface area contributed by atoms with Crippen LogP contribution in [0.4, 0.5) is 11.6 Å². The molecule has 0 amide bonds. The fourth-order valence-electron chi connectivity index (χ4n) is 1.38. The van der Waals surface area contributed by atoms with Crippen LogP contribution in [0.3, 0.4) is 0 Å². The highest BCUT2D eigenvalue weighted by atomic mass is 79.9. The third-order valence-corrected chi connectivity index (χ3v) is 3.58. The number of hydrazine groups is 1. The third kappa shape index (κ3) is 3.18. The van der Waals surface area contributed by atoms with Crippen molar-refractivity contribution in [2.24, 2.45) is 5.84 Å². The van der Waals surface area contributed by atoms with Gasteiger partial charge in [-0.25, -0.2) is 15.8 Å². The van der Waals surface area contributed by atoms with Crippen LogP contribution in [0.25, 0.3) is 0 Å². The first kappa shape index (κ1) is 13.3. The minimum atomic E-state index is 0.545. The molecule has 1 aromatic carbocycles. The molecule has 1 heterocycles. The maximum Gasteiger partial charge on any atom is 0.159 e. The molecule has 0 unspecified atom stereocenters. The molecule has 2 rings (SSSR count). The van der Waals surface area contributed by atoms with Crippen molar-refractivity contribution < 1.29 is 0 Å². The number of nitrogen functional groups attached to an aromatic ring is 1. The highest BCUT2D eigenvalue weighted by Gasteiger charge is 2.06. The maximum atomic E-state index is 5.34. The van der Waals surface area contributed by atoms with Crippen LogP contribution < -0.4 is 16.6 Å². The normalized spacial score (nSPS) is 10.2. The van der Waals surface area contributed by atoms with Gasteiger partial charge in [0.25, 0.3) is 0 Å². The molecule has 0 fully saturated rings. The Kier molecular flexibility index (Phi) is 4.51. The fourth-order valence-corrected chi connectivity index (χ4v) is 2.11. The molecule has 94 valence electrons. The molecule has 0 saturated carbocycles. The Labute approximate surface area is 121 Å². The van der Waals surface area contributed by atoms with Crippen molar-refractivity contribution in [3.63, 3.8) is 0 Å². The van der Waals surface area contributed by atoms with Crippen LogP contribution >= 0.6 is 31.9 Å². The number of benzene rings is 1. The van der Waals surface area contributed by atoms with Crippen molar-refractivity contribution in [3.8, 4) is 0 Å². The summed E-state index contributed by atoms with van der Waals surface area (Å²) < 4.78 is 1.77. The third-order valence-electron chi connectivity index (χ3n) is 2.30. The van der Waals surface area contributed by atoms with Gasteiger partial charge in [0.2, 0.25) is 0 Å². The molecule has 0 saturated heterocycles. The average Bonchev–Trinajstić information content (AvgIpc) is 2.39. The van der Waals surface area contributed by atoms with Gasteiger partial charge in [-0.1, -0.05) is 28.1 Å². The van der Waals surface area contributed by atoms with Crippen LogP contribution in [-0.4, -0.2) is 9.97 Å². The highest BCUT2D eigenvalue weighted by Crippen LogP contribution is 2.26. The van der Waals surface area contributed by atoms with Crippen molar-refractivity contribution in [1.29, 1.82) is 0 Å². The van der Waals surface area contributed by atoms with Crippen LogP contribution in [0.1, 0.15) is 5.56 Å². The number of nitrogens with zero attached hydrogens (tertiary/aromatic N) is 2. The van der Waals surface area contributed by atoms with Crippen molar-refractivity contribution in [2.45, 2.75) is 6.54 Å². The van der Waals surface area contributed by atoms with Crippen molar-refractivity contribution in [3.05, 3.63) is 45.1 Å². The van der Waals surface area contributed by atoms with E-state index in [-0.39, 0.29) is 0 Å². The zero-order chi connectivity index (χ0) is 13.0. The van der Waals surface area contributed by atoms with Gasteiger partial charge >= 0.3 is 0 Å². The second kappa shape index (κ2) is 6.12. The number of halogens is 2. The van der Waals surface area contributed by atoms with E-state index < -0.39 is 0 Å². The molecule has 4 N–H and O–H groups in total. The van der Waals surface area contributed by atoms with Gasteiger partial charge in [-0.3, -0.25) is 0 Å². The summed E-state index contributed by atoms with van der Waals surface area (Å²) >= 11 is 6.79. The maximum absolute atomic E-state index is 5.34. The Bertz CT molecular complexity index is 529. The van der Waals surface area contributed by atoms with E-state index >= 15 is 0 Å². The zero-order valence-electron chi connectivity index (χ0n) is 9.32. The first-order valence-corrected chi connectivity index (χ1v) is 6.74. The fraction of sp³-hybridized carbons (Fsp3) is 0.0909. The molecule has 0 atom stereocenters. The first-order chi connectivity index (χ1) is 8.70. The predicted octanol–water partition coefficient (Wildman–Crippen LogP) is 2.90. The lowest BCUT2D eigenvalue weighted by Gasteiger charge is -2.09. The second-order valence-electron chi connectivity index (χ2n) is 3.51. The number of hydrogen-bond acceptors (Lipinski definition) is 5. The van der Waals surface area contributed by atoms with E-state index in [4.69, 9.17) is 5.84 Å². The van der Waals surface area contributed by atoms with E-state index in [1.807, 2.05) is 24.3 Å². The number of hydrogen-bond donors (Lipinski definition) is 3. The second-order valence-corrected chi connectivity index (χ2v) is 5.22. The Balaban J connectivity index is 2.08. The van der Waals surface area contributed by atoms with E-state index in [1.165, 1.54) is 6.33 Å². The van der Waals surface area contributed by atoms with Gasteiger partial charge in [-0.05, 0) is 33.6 Å². The van der Waals surface area contributed by atoms with Crippen LogP contribution in [0.15, 0.2) is 39.5 Å². The molecule has 0 aliphatic heterocycles. The van der Waals surface area contributed by atoms with Crippen LogP contribution in [0, 0.1) is 0 Å². The summed E-state index contributed by atoms with van der Waals surface area (Å²) in [4.78, 5) is 8.13. The Morgan fingerprint density at radius 1 is 1.06 bits per heavy atom. The summed E-state index contributed by atoms with van der Waals surface area (Å²) in [6, 6.07) is 8.07. The van der Waals surface area contributed by atoms with E-state index in [0.29, 0.717) is 22.7 Å². The Morgan fingerprint density at radius 2 is 1.72 bits per heavy atom. The number of aromatic nitrogens is 2. The van der Waals surface area contributed by atoms with Gasteiger partial charge in [0, 0.05) is 11.0 Å². The minimum Gasteiger partial charge on any atom is -0.365 e. The minimum absolute atomic E-state index is 0.545. The van der Waals surface area contributed by atoms with E-state index in [2.05, 4.69) is 52.6 Å². The number of anilines is 2. The number of rotatable bonds is 4. The molecular formula is C11H11Br2N5. The van der Waals surface area contributed by atoms with E-state index in [1.54, 1.807) is 0 Å². The molecule has 7 heteroatoms. The Morgan fingerprint density at radius 3 is 2.39 bits per heavy atom. The topological polar surface area (TPSA) is 75.9 Å². The highest BCUT2D eigenvalue weighted by molar-refractivity contribution is 9.11. The summed E-state index contributed by atoms with van der Waals surface area (Å²) in [5, 5.41) is 3.21. The van der Waals surface area contributed by atoms with Crippen molar-refractivity contribution >= 4 is 43.5 Å². The van der Waals surface area contributed by atoms with Crippen LogP contribution in [-0.2, 0) is 6.54 Å². The van der Waals surface area contributed by atoms with Gasteiger partial charge in [0.1, 0.15) is 16.6 Å². The Hall–Kier alpha value is -1.18. The monoisotopic (exact) mass is 371 g/mol. The molecule has 18 heavy (non-hydrogen) atoms. The van der Waals surface area contributed by atoms with Gasteiger partial charge in [-0.2, -0.15) is 0 Å². The van der Waals surface area contributed by atoms with Gasteiger partial charge in [0.05, 0.1) is 0 Å². The van der Waals surface area contributed by atoms with Crippen LogP contribution in [0.5, 0.6) is 0 Å². The lowest BCUT2D eigenvalue weighted by Crippen LogP contribution is -2.11. The quantitative estimate of drug-likeness (QED) is 0.568. The van der Waals surface area contributed by atoms with Crippen molar-refractivity contribution in [2.75, 3.05) is 10.7 Å². The van der Waals surface area contributed by atoms with Crippen LogP contribution in [0.2, 0.25) is 0 Å². The van der Waals surface area contributed by atoms with E-state index in [0.717, 1.165) is 10.0 Å². The number of nitrogens with one attached hydrogen (secondary N) is 2. The van der Waals surface area contributed by atoms with Gasteiger partial charge in [0.15, 0.2) is 5.82 Å². The molecule has 0 radical (unpaired) electrons. The largest absolute Gasteiger partial charge is 0.365 e. The van der Waals surface area contributed by atoms with Crippen molar-refractivity contribution in [1.82, 2.24) is 9.97 Å². The summed E-state index contributed by atoms with van der Waals surface area (Å²) in [6.07, 6.45) is 1.45. The summed E-state index contributed by atoms with van der Waals surface area (Å²) in [6.45, 7) is 0.674. The standard InChI is InChI=1S/C11H11Br2N5/c12-8-3-1-7(2-4-8)5-15-10-9(13)11(18-14)17-6-16-10/h1-4,6H,5,14H2,(H2,15,16,17,18). The molecule has 0 bridgehead atoms. The smallest absolute Gasteiger partial charge is 0.159 e. The molecule has 0 aliphatic rings.